The minimum Gasteiger partial charge on any atom is -0.447 e. The number of fused-ring (bicyclic) bond motifs is 4. The van der Waals surface area contributed by atoms with Crippen LogP contribution in [-0.4, -0.2) is 77.7 Å². The van der Waals surface area contributed by atoms with Gasteiger partial charge in [0.1, 0.15) is 11.3 Å². The number of nitrogens with one attached hydrogen (secondary N) is 2. The number of furan rings is 1. The van der Waals surface area contributed by atoms with Crippen LogP contribution >= 0.6 is 0 Å². The van der Waals surface area contributed by atoms with Crippen LogP contribution in [0.25, 0.3) is 11.1 Å². The van der Waals surface area contributed by atoms with Crippen molar-refractivity contribution in [2.45, 2.75) is 56.4 Å². The second-order valence-electron chi connectivity index (χ2n) is 11.1. The summed E-state index contributed by atoms with van der Waals surface area (Å²) in [5, 5.41) is 6.31. The molecule has 4 aliphatic rings. The smallest absolute Gasteiger partial charge is 0.287 e. The maximum atomic E-state index is 12.6. The standard InChI is InChI=1S/C28H35N7O3/c36-26-25-23(28(18-31-26)8-2-1-3-9-28)24-21(38-25)17-30-27(33-24)32-22-5-4-20(16-29-22)34-10-6-19(7-11-34)35-12-14-37-15-13-35/h4-5,16-17,19H,1-3,6-15,18H2,(H,31,36)(H,29,30,32,33). The molecule has 2 saturated heterocycles. The van der Waals surface area contributed by atoms with Crippen molar-refractivity contribution in [1.82, 2.24) is 25.2 Å². The predicted molar refractivity (Wildman–Crippen MR) is 144 cm³/mol. The van der Waals surface area contributed by atoms with Gasteiger partial charge in [0.2, 0.25) is 5.95 Å². The highest BCUT2D eigenvalue weighted by molar-refractivity contribution is 6.00. The van der Waals surface area contributed by atoms with Gasteiger partial charge in [0.05, 0.1) is 31.3 Å². The third-order valence-electron chi connectivity index (χ3n) is 8.95. The number of amides is 1. The van der Waals surface area contributed by atoms with E-state index in [2.05, 4.69) is 36.5 Å². The van der Waals surface area contributed by atoms with E-state index in [1.807, 2.05) is 12.3 Å². The summed E-state index contributed by atoms with van der Waals surface area (Å²) < 4.78 is 11.5. The number of anilines is 3. The number of morpholine rings is 1. The molecule has 200 valence electrons. The minimum absolute atomic E-state index is 0.104. The molecule has 3 fully saturated rings. The fourth-order valence-electron chi connectivity index (χ4n) is 6.87. The maximum absolute atomic E-state index is 12.6. The van der Waals surface area contributed by atoms with Crippen molar-refractivity contribution in [2.75, 3.05) is 56.2 Å². The number of hydrogen-bond acceptors (Lipinski definition) is 9. The van der Waals surface area contributed by atoms with Crippen molar-refractivity contribution in [3.63, 3.8) is 0 Å². The lowest BCUT2D eigenvalue weighted by Crippen LogP contribution is -2.49. The third-order valence-corrected chi connectivity index (χ3v) is 8.95. The van der Waals surface area contributed by atoms with Gasteiger partial charge in [-0.1, -0.05) is 19.3 Å². The van der Waals surface area contributed by atoms with Crippen LogP contribution in [-0.2, 0) is 10.2 Å². The molecule has 2 N–H and O–H groups in total. The molecular formula is C28H35N7O3. The summed E-state index contributed by atoms with van der Waals surface area (Å²) in [6.07, 6.45) is 11.5. The van der Waals surface area contributed by atoms with E-state index in [1.165, 1.54) is 19.3 Å². The van der Waals surface area contributed by atoms with Crippen molar-refractivity contribution in [3.8, 4) is 0 Å². The van der Waals surface area contributed by atoms with Gasteiger partial charge in [-0.25, -0.2) is 15.0 Å². The van der Waals surface area contributed by atoms with Crippen molar-refractivity contribution < 1.29 is 13.9 Å². The fraction of sp³-hybridized carbons (Fsp3) is 0.571. The largest absolute Gasteiger partial charge is 0.447 e. The first-order chi connectivity index (χ1) is 18.7. The Hall–Kier alpha value is -3.24. The molecule has 0 aromatic carbocycles. The van der Waals surface area contributed by atoms with Crippen LogP contribution < -0.4 is 15.5 Å². The summed E-state index contributed by atoms with van der Waals surface area (Å²) in [5.41, 5.74) is 3.31. The summed E-state index contributed by atoms with van der Waals surface area (Å²) in [6.45, 7) is 6.54. The molecule has 3 aliphatic heterocycles. The SMILES string of the molecule is O=C1NCC2(CCCCC2)c2c1oc1cnc(Nc3ccc(N4CCC(N5CCOCC5)CC4)cn3)nc21. The van der Waals surface area contributed by atoms with Gasteiger partial charge < -0.3 is 24.7 Å². The molecule has 6 heterocycles. The lowest BCUT2D eigenvalue weighted by molar-refractivity contribution is 0.0115. The molecule has 7 rings (SSSR count). The van der Waals surface area contributed by atoms with Gasteiger partial charge in [-0.15, -0.1) is 0 Å². The summed E-state index contributed by atoms with van der Waals surface area (Å²) in [5.74, 6) is 1.40. The number of nitrogens with zero attached hydrogens (tertiary/aromatic N) is 5. The fourth-order valence-corrected chi connectivity index (χ4v) is 6.87. The number of ether oxygens (including phenoxy) is 1. The molecule has 1 aliphatic carbocycles. The van der Waals surface area contributed by atoms with Gasteiger partial charge >= 0.3 is 0 Å². The molecule has 10 nitrogen and oxygen atoms in total. The first-order valence-corrected chi connectivity index (χ1v) is 14.1. The van der Waals surface area contributed by atoms with Crippen LogP contribution in [0.5, 0.6) is 0 Å². The van der Waals surface area contributed by atoms with Crippen molar-refractivity contribution in [2.24, 2.45) is 0 Å². The summed E-state index contributed by atoms with van der Waals surface area (Å²) in [6, 6.07) is 4.76. The summed E-state index contributed by atoms with van der Waals surface area (Å²) in [4.78, 5) is 31.6. The Morgan fingerprint density at radius 3 is 2.58 bits per heavy atom. The maximum Gasteiger partial charge on any atom is 0.287 e. The number of hydrogen-bond donors (Lipinski definition) is 2. The molecule has 0 bridgehead atoms. The zero-order valence-corrected chi connectivity index (χ0v) is 21.7. The highest BCUT2D eigenvalue weighted by atomic mass is 16.5. The topological polar surface area (TPSA) is 109 Å². The Balaban J connectivity index is 1.07. The Labute approximate surface area is 222 Å². The molecule has 0 atom stereocenters. The van der Waals surface area contributed by atoms with Gasteiger partial charge in [-0.05, 0) is 37.8 Å². The van der Waals surface area contributed by atoms with E-state index < -0.39 is 0 Å². The molecule has 1 amide bonds. The zero-order chi connectivity index (χ0) is 25.5. The monoisotopic (exact) mass is 517 g/mol. The van der Waals surface area contributed by atoms with Crippen LogP contribution in [0.4, 0.5) is 17.5 Å². The van der Waals surface area contributed by atoms with Gasteiger partial charge in [-0.2, -0.15) is 0 Å². The zero-order valence-electron chi connectivity index (χ0n) is 21.7. The second-order valence-corrected chi connectivity index (χ2v) is 11.1. The average molecular weight is 518 g/mol. The highest BCUT2D eigenvalue weighted by Gasteiger charge is 2.44. The van der Waals surface area contributed by atoms with E-state index in [0.717, 1.165) is 81.8 Å². The van der Waals surface area contributed by atoms with Gasteiger partial charge in [-0.3, -0.25) is 9.69 Å². The number of carbonyl (C=O) groups is 1. The van der Waals surface area contributed by atoms with E-state index in [4.69, 9.17) is 14.1 Å². The first kappa shape index (κ1) is 23.8. The predicted octanol–water partition coefficient (Wildman–Crippen LogP) is 3.61. The van der Waals surface area contributed by atoms with Crippen molar-refractivity contribution in [3.05, 3.63) is 35.9 Å². The van der Waals surface area contributed by atoms with Crippen LogP contribution in [0.3, 0.4) is 0 Å². The number of piperidine rings is 1. The lowest BCUT2D eigenvalue weighted by atomic mass is 9.67. The van der Waals surface area contributed by atoms with E-state index in [-0.39, 0.29) is 11.3 Å². The van der Waals surface area contributed by atoms with Crippen LogP contribution in [0.1, 0.15) is 61.1 Å². The molecule has 3 aromatic heterocycles. The van der Waals surface area contributed by atoms with Crippen LogP contribution in [0.15, 0.2) is 28.9 Å². The molecule has 0 unspecified atom stereocenters. The highest BCUT2D eigenvalue weighted by Crippen LogP contribution is 2.46. The average Bonchev–Trinajstić information content (AvgIpc) is 3.38. The first-order valence-electron chi connectivity index (χ1n) is 14.1. The number of carbonyl (C=O) groups excluding carboxylic acids is 1. The van der Waals surface area contributed by atoms with Crippen molar-refractivity contribution >= 4 is 34.5 Å². The number of aromatic nitrogens is 3. The van der Waals surface area contributed by atoms with Crippen molar-refractivity contribution in [1.29, 1.82) is 0 Å². The van der Waals surface area contributed by atoms with E-state index in [9.17, 15) is 4.79 Å². The molecule has 3 aromatic rings. The van der Waals surface area contributed by atoms with Gasteiger partial charge in [0, 0.05) is 49.7 Å². The molecule has 10 heteroatoms. The molecule has 1 saturated carbocycles. The van der Waals surface area contributed by atoms with Crippen LogP contribution in [0, 0.1) is 0 Å². The molecule has 1 spiro atoms. The Bertz CT molecular complexity index is 1300. The van der Waals surface area contributed by atoms with E-state index >= 15 is 0 Å². The Kier molecular flexibility index (Phi) is 6.16. The Morgan fingerprint density at radius 2 is 1.82 bits per heavy atom. The van der Waals surface area contributed by atoms with Crippen LogP contribution in [0.2, 0.25) is 0 Å². The molecular weight excluding hydrogens is 482 g/mol. The summed E-state index contributed by atoms with van der Waals surface area (Å²) >= 11 is 0. The Morgan fingerprint density at radius 1 is 1.00 bits per heavy atom. The van der Waals surface area contributed by atoms with Gasteiger partial charge in [0.25, 0.3) is 5.91 Å². The molecule has 38 heavy (non-hydrogen) atoms. The second kappa shape index (κ2) is 9.81. The number of rotatable bonds is 4. The minimum atomic E-state index is -0.157. The number of pyridine rings is 1. The quantitative estimate of drug-likeness (QED) is 0.536. The van der Waals surface area contributed by atoms with E-state index in [0.29, 0.717) is 35.7 Å². The van der Waals surface area contributed by atoms with Gasteiger partial charge in [0.15, 0.2) is 11.3 Å². The summed E-state index contributed by atoms with van der Waals surface area (Å²) in [7, 11) is 0. The van der Waals surface area contributed by atoms with E-state index in [1.54, 1.807) is 6.20 Å². The normalized spacial score (nSPS) is 22.4. The molecule has 0 radical (unpaired) electrons. The lowest BCUT2D eigenvalue weighted by Gasteiger charge is -2.40. The third kappa shape index (κ3) is 4.29.